The van der Waals surface area contributed by atoms with Crippen LogP contribution in [0.25, 0.3) is 0 Å². The maximum Gasteiger partial charge on any atom is 0.314 e. The van der Waals surface area contributed by atoms with E-state index in [1.807, 2.05) is 0 Å². The van der Waals surface area contributed by atoms with Crippen molar-refractivity contribution in [2.75, 3.05) is 13.2 Å². The van der Waals surface area contributed by atoms with Crippen LogP contribution in [0.1, 0.15) is 91.9 Å². The number of hydrogen-bond acceptors (Lipinski definition) is 12. The molecule has 0 radical (unpaired) electrons. The topological polar surface area (TPSA) is 216 Å². The van der Waals surface area contributed by atoms with E-state index in [9.17, 15) is 45.6 Å². The molecule has 13 nitrogen and oxygen atoms in total. The molecule has 6 aliphatic rings. The molecule has 2 aliphatic heterocycles. The lowest BCUT2D eigenvalue weighted by Gasteiger charge is -2.59. The second-order valence-corrected chi connectivity index (χ2v) is 17.3. The SMILES string of the molecule is CC(C)CCC[C@@H](C)[C@H]1CC[C@H]2[C@@H]3[C@@H](O)C=C4C[C@@H](O[C@@H]5O[C@H](CO)[C@@H](O)[C@H](O[C@@H]6O[C@H](CO)[C@@H](O)[C@@H]6O)[C@H]5O)CC[C@]4(C(=O)O)[C@H]3CC[C@]12C. The molecule has 5 fully saturated rings. The highest BCUT2D eigenvalue weighted by Gasteiger charge is 2.65. The van der Waals surface area contributed by atoms with E-state index < -0.39 is 92.1 Å². The number of rotatable bonds is 12. The van der Waals surface area contributed by atoms with Crippen LogP contribution in [0.15, 0.2) is 11.6 Å². The van der Waals surface area contributed by atoms with Gasteiger partial charge in [-0.25, -0.2) is 0 Å². The summed E-state index contributed by atoms with van der Waals surface area (Å²) in [4.78, 5) is 13.4. The quantitative estimate of drug-likeness (QED) is 0.135. The zero-order valence-electron chi connectivity index (χ0n) is 30.5. The first kappa shape index (κ1) is 39.5. The van der Waals surface area contributed by atoms with Gasteiger partial charge in [0.2, 0.25) is 0 Å². The first-order valence-electron chi connectivity index (χ1n) is 19.4. The summed E-state index contributed by atoms with van der Waals surface area (Å²) in [6.07, 6.45) is -4.28. The molecule has 8 N–H and O–H groups in total. The van der Waals surface area contributed by atoms with Gasteiger partial charge in [-0.3, -0.25) is 4.79 Å². The van der Waals surface area contributed by atoms with Crippen LogP contribution >= 0.6 is 0 Å². The predicted molar refractivity (Wildman–Crippen MR) is 182 cm³/mol. The standard InChI is InChI=1S/C38H62O13/c1-18(2)6-5-7-19(3)22-8-9-23-28-24(11-12-37(22,23)4)38(36(46)47)13-10-21(14-20(38)15-25(28)41)48-35-32(45)33(30(43)27(17-40)50-35)51-34-31(44)29(42)26(16-39)49-34/h15,18-19,21-35,39-45H,5-14,16-17H2,1-4H3,(H,46,47)/t19-,21+,22-,23+,24+,25+,26-,27-,28+,29-,30-,31+,32-,33+,34+,35-,37-,38-/m1/s1. The second-order valence-electron chi connectivity index (χ2n) is 17.3. The second kappa shape index (κ2) is 15.5. The Balaban J connectivity index is 1.17. The van der Waals surface area contributed by atoms with E-state index in [0.29, 0.717) is 36.2 Å². The smallest absolute Gasteiger partial charge is 0.314 e. The Bertz CT molecular complexity index is 1250. The van der Waals surface area contributed by atoms with Crippen molar-refractivity contribution >= 4 is 5.97 Å². The largest absolute Gasteiger partial charge is 0.481 e. The minimum absolute atomic E-state index is 0.0578. The molecule has 0 aromatic carbocycles. The summed E-state index contributed by atoms with van der Waals surface area (Å²) in [6.45, 7) is 8.07. The van der Waals surface area contributed by atoms with Crippen molar-refractivity contribution in [3.8, 4) is 0 Å². The zero-order valence-corrected chi connectivity index (χ0v) is 30.5. The van der Waals surface area contributed by atoms with Gasteiger partial charge in [-0.2, -0.15) is 0 Å². The molecule has 0 aromatic heterocycles. The van der Waals surface area contributed by atoms with Crippen molar-refractivity contribution in [3.63, 3.8) is 0 Å². The van der Waals surface area contributed by atoms with E-state index in [1.165, 1.54) is 19.3 Å². The monoisotopic (exact) mass is 726 g/mol. The average Bonchev–Trinajstić information content (AvgIpc) is 3.58. The number of carboxylic acid groups (broad SMARTS) is 1. The number of ether oxygens (including phenoxy) is 4. The van der Waals surface area contributed by atoms with Gasteiger partial charge in [-0.1, -0.05) is 58.6 Å². The molecule has 292 valence electrons. The number of carboxylic acids is 1. The summed E-state index contributed by atoms with van der Waals surface area (Å²) in [6, 6.07) is 0. The predicted octanol–water partition coefficient (Wildman–Crippen LogP) is 1.71. The van der Waals surface area contributed by atoms with Crippen LogP contribution in [0.5, 0.6) is 0 Å². The molecule has 3 saturated carbocycles. The average molecular weight is 727 g/mol. The van der Waals surface area contributed by atoms with Gasteiger partial charge < -0.3 is 59.8 Å². The molecule has 2 saturated heterocycles. The molecule has 51 heavy (non-hydrogen) atoms. The first-order valence-corrected chi connectivity index (χ1v) is 19.4. The molecule has 0 unspecified atom stereocenters. The van der Waals surface area contributed by atoms with Crippen molar-refractivity contribution in [2.45, 2.75) is 159 Å². The number of aliphatic hydroxyl groups excluding tert-OH is 7. The van der Waals surface area contributed by atoms with Crippen molar-refractivity contribution < 1.29 is 64.6 Å². The van der Waals surface area contributed by atoms with Crippen molar-refractivity contribution in [3.05, 3.63) is 11.6 Å². The van der Waals surface area contributed by atoms with E-state index >= 15 is 0 Å². The molecule has 18 atom stereocenters. The molecule has 0 aromatic rings. The van der Waals surface area contributed by atoms with E-state index in [-0.39, 0.29) is 29.6 Å². The lowest BCUT2D eigenvalue weighted by atomic mass is 9.45. The van der Waals surface area contributed by atoms with E-state index in [1.54, 1.807) is 6.08 Å². The number of aliphatic hydroxyl groups is 7. The van der Waals surface area contributed by atoms with Crippen LogP contribution in [-0.2, 0) is 23.7 Å². The lowest BCUT2D eigenvalue weighted by Crippen LogP contribution is -2.62. The van der Waals surface area contributed by atoms with E-state index in [0.717, 1.165) is 25.7 Å². The summed E-state index contributed by atoms with van der Waals surface area (Å²) in [7, 11) is 0. The van der Waals surface area contributed by atoms with Gasteiger partial charge in [0.05, 0.1) is 30.8 Å². The lowest BCUT2D eigenvalue weighted by molar-refractivity contribution is -0.338. The first-order chi connectivity index (χ1) is 24.2. The summed E-state index contributed by atoms with van der Waals surface area (Å²) in [5.74, 6) is 0.838. The molecule has 0 spiro atoms. The van der Waals surface area contributed by atoms with Crippen molar-refractivity contribution in [1.82, 2.24) is 0 Å². The highest BCUT2D eigenvalue weighted by Crippen LogP contribution is 2.67. The van der Waals surface area contributed by atoms with Crippen LogP contribution in [0.4, 0.5) is 0 Å². The number of fused-ring (bicyclic) bond motifs is 5. The van der Waals surface area contributed by atoms with Gasteiger partial charge in [-0.05, 0) is 85.9 Å². The molecular formula is C38H62O13. The highest BCUT2D eigenvalue weighted by molar-refractivity contribution is 5.80. The van der Waals surface area contributed by atoms with Crippen molar-refractivity contribution in [1.29, 1.82) is 0 Å². The number of hydrogen-bond donors (Lipinski definition) is 8. The Labute approximate surface area is 300 Å². The summed E-state index contributed by atoms with van der Waals surface area (Å²) in [5.41, 5.74) is -0.445. The van der Waals surface area contributed by atoms with Crippen LogP contribution in [-0.4, -0.2) is 128 Å². The fourth-order valence-corrected chi connectivity index (χ4v) is 11.5. The van der Waals surface area contributed by atoms with Gasteiger partial charge in [0.15, 0.2) is 12.6 Å². The summed E-state index contributed by atoms with van der Waals surface area (Å²) in [5, 5.41) is 84.8. The third-order valence-corrected chi connectivity index (χ3v) is 14.1. The van der Waals surface area contributed by atoms with Crippen LogP contribution in [0.3, 0.4) is 0 Å². The van der Waals surface area contributed by atoms with Crippen LogP contribution < -0.4 is 0 Å². The number of carbonyl (C=O) groups is 1. The Morgan fingerprint density at radius 1 is 0.843 bits per heavy atom. The molecule has 4 aliphatic carbocycles. The number of aliphatic carboxylic acids is 1. The molecule has 2 heterocycles. The fourth-order valence-electron chi connectivity index (χ4n) is 11.5. The molecule has 0 amide bonds. The molecule has 13 heteroatoms. The Morgan fingerprint density at radius 2 is 1.51 bits per heavy atom. The Hall–Kier alpha value is -1.23. The maximum absolute atomic E-state index is 13.4. The third-order valence-electron chi connectivity index (χ3n) is 14.1. The summed E-state index contributed by atoms with van der Waals surface area (Å²) >= 11 is 0. The Morgan fingerprint density at radius 3 is 2.14 bits per heavy atom. The van der Waals surface area contributed by atoms with E-state index in [4.69, 9.17) is 18.9 Å². The normalized spacial score (nSPS) is 48.9. The van der Waals surface area contributed by atoms with Crippen LogP contribution in [0.2, 0.25) is 0 Å². The maximum atomic E-state index is 13.4. The van der Waals surface area contributed by atoms with Gasteiger partial charge in [-0.15, -0.1) is 0 Å². The minimum atomic E-state index is -1.62. The third kappa shape index (κ3) is 6.96. The van der Waals surface area contributed by atoms with Gasteiger partial charge in [0, 0.05) is 0 Å². The van der Waals surface area contributed by atoms with Crippen LogP contribution in [0, 0.1) is 46.3 Å². The fraction of sp³-hybridized carbons (Fsp3) is 0.921. The molecule has 6 rings (SSSR count). The zero-order chi connectivity index (χ0) is 37.0. The minimum Gasteiger partial charge on any atom is -0.481 e. The van der Waals surface area contributed by atoms with E-state index in [2.05, 4.69) is 27.7 Å². The van der Waals surface area contributed by atoms with Gasteiger partial charge in [0.25, 0.3) is 0 Å². The van der Waals surface area contributed by atoms with Crippen molar-refractivity contribution in [2.24, 2.45) is 46.3 Å². The Kier molecular flexibility index (Phi) is 12.0. The highest BCUT2D eigenvalue weighted by atomic mass is 16.7. The summed E-state index contributed by atoms with van der Waals surface area (Å²) < 4.78 is 23.1. The molecular weight excluding hydrogens is 664 g/mol. The molecule has 0 bridgehead atoms. The van der Waals surface area contributed by atoms with Gasteiger partial charge in [0.1, 0.15) is 42.7 Å². The van der Waals surface area contributed by atoms with Gasteiger partial charge >= 0.3 is 5.97 Å².